The van der Waals surface area contributed by atoms with Crippen molar-refractivity contribution in [3.63, 3.8) is 0 Å². The van der Waals surface area contributed by atoms with Crippen LogP contribution in [-0.2, 0) is 4.74 Å². The molecule has 0 spiro atoms. The fraction of sp³-hybridized carbons (Fsp3) is 0.957. The normalized spacial score (nSPS) is 23.1. The second-order valence-electron chi connectivity index (χ2n) is 9.08. The number of ether oxygens (including phenoxy) is 1. The molecule has 1 heterocycles. The maximum atomic E-state index is 6.02. The highest BCUT2D eigenvalue weighted by Gasteiger charge is 2.27. The molecular weight excluding hydrogens is 475 g/mol. The van der Waals surface area contributed by atoms with Gasteiger partial charge in [0.1, 0.15) is 0 Å². The van der Waals surface area contributed by atoms with Gasteiger partial charge in [0.05, 0.1) is 6.10 Å². The molecule has 2 aliphatic carbocycles. The quantitative estimate of drug-likeness (QED) is 0.200. The Morgan fingerprint density at radius 1 is 0.897 bits per heavy atom. The summed E-state index contributed by atoms with van der Waals surface area (Å²) in [5.41, 5.74) is 0. The molecule has 5 nitrogen and oxygen atoms in total. The molecule has 2 N–H and O–H groups in total. The van der Waals surface area contributed by atoms with E-state index in [-0.39, 0.29) is 24.0 Å². The SMILES string of the molecule is CN=C(NCCCCCOC1CCCCC1)NC1CCN(C2CCCC2)CC1.I. The van der Waals surface area contributed by atoms with Gasteiger partial charge in [0.15, 0.2) is 5.96 Å². The van der Waals surface area contributed by atoms with Crippen LogP contribution in [0.2, 0.25) is 0 Å². The van der Waals surface area contributed by atoms with E-state index in [0.717, 1.165) is 25.2 Å². The number of hydrogen-bond donors (Lipinski definition) is 2. The first-order valence-electron chi connectivity index (χ1n) is 12.2. The van der Waals surface area contributed by atoms with Crippen LogP contribution in [-0.4, -0.2) is 62.3 Å². The monoisotopic (exact) mass is 520 g/mol. The lowest BCUT2D eigenvalue weighted by atomic mass is 9.98. The number of guanidine groups is 1. The molecule has 0 aromatic rings. The third-order valence-corrected chi connectivity index (χ3v) is 6.95. The van der Waals surface area contributed by atoms with E-state index >= 15 is 0 Å². The van der Waals surface area contributed by atoms with Gasteiger partial charge in [-0.25, -0.2) is 0 Å². The summed E-state index contributed by atoms with van der Waals surface area (Å²) in [6, 6.07) is 1.45. The summed E-state index contributed by atoms with van der Waals surface area (Å²) in [5, 5.41) is 7.16. The Kier molecular flexibility index (Phi) is 12.9. The van der Waals surface area contributed by atoms with Gasteiger partial charge in [-0.15, -0.1) is 24.0 Å². The summed E-state index contributed by atoms with van der Waals surface area (Å²) in [7, 11) is 1.89. The number of halogens is 1. The van der Waals surface area contributed by atoms with Gasteiger partial charge >= 0.3 is 0 Å². The minimum atomic E-state index is 0. The molecule has 0 bridgehead atoms. The third-order valence-electron chi connectivity index (χ3n) is 6.95. The van der Waals surface area contributed by atoms with Crippen molar-refractivity contribution >= 4 is 29.9 Å². The fourth-order valence-electron chi connectivity index (χ4n) is 5.16. The molecule has 170 valence electrons. The van der Waals surface area contributed by atoms with Gasteiger partial charge in [-0.05, 0) is 57.8 Å². The molecule has 3 fully saturated rings. The molecule has 29 heavy (non-hydrogen) atoms. The van der Waals surface area contributed by atoms with Gasteiger partial charge in [0, 0.05) is 45.4 Å². The highest BCUT2D eigenvalue weighted by molar-refractivity contribution is 14.0. The van der Waals surface area contributed by atoms with Crippen LogP contribution >= 0.6 is 24.0 Å². The van der Waals surface area contributed by atoms with Crippen LogP contribution in [0.25, 0.3) is 0 Å². The van der Waals surface area contributed by atoms with Gasteiger partial charge < -0.3 is 20.3 Å². The van der Waals surface area contributed by atoms with Crippen molar-refractivity contribution in [2.75, 3.05) is 33.3 Å². The maximum Gasteiger partial charge on any atom is 0.191 e. The predicted molar refractivity (Wildman–Crippen MR) is 133 cm³/mol. The van der Waals surface area contributed by atoms with Crippen molar-refractivity contribution in [1.29, 1.82) is 0 Å². The molecule has 6 heteroatoms. The van der Waals surface area contributed by atoms with Crippen LogP contribution in [0, 0.1) is 0 Å². The standard InChI is InChI=1S/C23H44N4O.HI/c1-24-23(25-16-8-3-9-19-28-22-12-4-2-5-13-22)26-20-14-17-27(18-15-20)21-10-6-7-11-21;/h20-22H,2-19H2,1H3,(H2,24,25,26);1H. The van der Waals surface area contributed by atoms with Crippen LogP contribution in [0.1, 0.15) is 89.9 Å². The molecule has 0 aromatic heterocycles. The molecular formula is C23H45IN4O. The summed E-state index contributed by atoms with van der Waals surface area (Å²) in [6.07, 6.45) is 19.1. The minimum Gasteiger partial charge on any atom is -0.378 e. The number of nitrogens with one attached hydrogen (secondary N) is 2. The largest absolute Gasteiger partial charge is 0.378 e. The van der Waals surface area contributed by atoms with Gasteiger partial charge in [-0.3, -0.25) is 4.99 Å². The number of unbranched alkanes of at least 4 members (excludes halogenated alkanes) is 2. The Morgan fingerprint density at radius 2 is 1.59 bits per heavy atom. The summed E-state index contributed by atoms with van der Waals surface area (Å²) < 4.78 is 6.02. The average Bonchev–Trinajstić information content (AvgIpc) is 3.28. The van der Waals surface area contributed by atoms with Crippen LogP contribution in [0.15, 0.2) is 4.99 Å². The van der Waals surface area contributed by atoms with E-state index in [4.69, 9.17) is 4.74 Å². The first-order valence-corrected chi connectivity index (χ1v) is 12.2. The van der Waals surface area contributed by atoms with E-state index in [2.05, 4.69) is 20.5 Å². The van der Waals surface area contributed by atoms with Crippen molar-refractivity contribution in [3.05, 3.63) is 0 Å². The lowest BCUT2D eigenvalue weighted by Crippen LogP contribution is -2.50. The molecule has 2 saturated carbocycles. The van der Waals surface area contributed by atoms with E-state index in [1.165, 1.54) is 103 Å². The van der Waals surface area contributed by atoms with Crippen molar-refractivity contribution in [3.8, 4) is 0 Å². The Morgan fingerprint density at radius 3 is 2.28 bits per heavy atom. The van der Waals surface area contributed by atoms with E-state index in [1.807, 2.05) is 7.05 Å². The third kappa shape index (κ3) is 9.30. The number of nitrogens with zero attached hydrogens (tertiary/aromatic N) is 2. The van der Waals surface area contributed by atoms with Gasteiger partial charge in [-0.1, -0.05) is 32.1 Å². The van der Waals surface area contributed by atoms with E-state index < -0.39 is 0 Å². The smallest absolute Gasteiger partial charge is 0.191 e. The zero-order valence-electron chi connectivity index (χ0n) is 18.7. The topological polar surface area (TPSA) is 48.9 Å². The molecule has 3 rings (SSSR count). The fourth-order valence-corrected chi connectivity index (χ4v) is 5.16. The first-order chi connectivity index (χ1) is 13.8. The summed E-state index contributed by atoms with van der Waals surface area (Å²) >= 11 is 0. The van der Waals surface area contributed by atoms with E-state index in [9.17, 15) is 0 Å². The van der Waals surface area contributed by atoms with Crippen LogP contribution in [0.5, 0.6) is 0 Å². The lowest BCUT2D eigenvalue weighted by Gasteiger charge is -2.36. The Balaban J connectivity index is 0.00000300. The van der Waals surface area contributed by atoms with E-state index in [1.54, 1.807) is 0 Å². The number of piperidine rings is 1. The van der Waals surface area contributed by atoms with Crippen LogP contribution < -0.4 is 10.6 Å². The molecule has 1 saturated heterocycles. The molecule has 0 amide bonds. The van der Waals surface area contributed by atoms with Gasteiger partial charge in [-0.2, -0.15) is 0 Å². The van der Waals surface area contributed by atoms with E-state index in [0.29, 0.717) is 12.1 Å². The zero-order valence-corrected chi connectivity index (χ0v) is 21.0. The van der Waals surface area contributed by atoms with Crippen LogP contribution in [0.3, 0.4) is 0 Å². The summed E-state index contributed by atoms with van der Waals surface area (Å²) in [6.45, 7) is 4.45. The molecule has 3 aliphatic rings. The second kappa shape index (κ2) is 14.8. The number of aliphatic imine (C=N–C) groups is 1. The summed E-state index contributed by atoms with van der Waals surface area (Å²) in [5.74, 6) is 0.984. The highest BCUT2D eigenvalue weighted by Crippen LogP contribution is 2.26. The maximum absolute atomic E-state index is 6.02. The van der Waals surface area contributed by atoms with Gasteiger partial charge in [0.2, 0.25) is 0 Å². The van der Waals surface area contributed by atoms with Crippen molar-refractivity contribution < 1.29 is 4.74 Å². The minimum absolute atomic E-state index is 0. The van der Waals surface area contributed by atoms with Crippen molar-refractivity contribution in [1.82, 2.24) is 15.5 Å². The Hall–Kier alpha value is -0.0800. The predicted octanol–water partition coefficient (Wildman–Crippen LogP) is 4.70. The molecule has 0 atom stereocenters. The van der Waals surface area contributed by atoms with Gasteiger partial charge in [0.25, 0.3) is 0 Å². The molecule has 1 aliphatic heterocycles. The molecule has 0 aromatic carbocycles. The van der Waals surface area contributed by atoms with Crippen LogP contribution in [0.4, 0.5) is 0 Å². The zero-order chi connectivity index (χ0) is 19.4. The Labute approximate surface area is 196 Å². The molecule has 0 radical (unpaired) electrons. The van der Waals surface area contributed by atoms with Crippen molar-refractivity contribution in [2.24, 2.45) is 4.99 Å². The highest BCUT2D eigenvalue weighted by atomic mass is 127. The lowest BCUT2D eigenvalue weighted by molar-refractivity contribution is 0.0264. The number of likely N-dealkylation sites (tertiary alicyclic amines) is 1. The first kappa shape index (κ1) is 25.2. The number of rotatable bonds is 9. The second-order valence-corrected chi connectivity index (χ2v) is 9.08. The summed E-state index contributed by atoms with van der Waals surface area (Å²) in [4.78, 5) is 7.16. The number of hydrogen-bond acceptors (Lipinski definition) is 3. The Bertz CT molecular complexity index is 442. The molecule has 0 unspecified atom stereocenters. The average molecular weight is 521 g/mol. The van der Waals surface area contributed by atoms with Crippen molar-refractivity contribution in [2.45, 2.75) is 108 Å².